The first-order chi connectivity index (χ1) is 12.3. The monoisotopic (exact) mass is 378 g/mol. The van der Waals surface area contributed by atoms with Crippen LogP contribution in [0.5, 0.6) is 0 Å². The summed E-state index contributed by atoms with van der Waals surface area (Å²) in [6.07, 6.45) is 0. The van der Waals surface area contributed by atoms with Crippen molar-refractivity contribution < 1.29 is 4.79 Å². The van der Waals surface area contributed by atoms with Gasteiger partial charge in [-0.2, -0.15) is 5.10 Å². The highest BCUT2D eigenvalue weighted by Crippen LogP contribution is 2.20. The predicted octanol–water partition coefficient (Wildman–Crippen LogP) is 1.91. The third kappa shape index (κ3) is 6.36. The molecule has 1 unspecified atom stereocenters. The Balaban J connectivity index is 3.06. The lowest BCUT2D eigenvalue weighted by atomic mass is 10.0. The lowest BCUT2D eigenvalue weighted by Gasteiger charge is -2.25. The van der Waals surface area contributed by atoms with Gasteiger partial charge >= 0.3 is 0 Å². The van der Waals surface area contributed by atoms with E-state index in [9.17, 15) is 4.79 Å². The Morgan fingerprint density at radius 2 is 1.85 bits per heavy atom. The molecule has 0 aliphatic carbocycles. The number of carbonyl (C=O) groups excluding carboxylic acids is 1. The van der Waals surface area contributed by atoms with Gasteiger partial charge in [-0.3, -0.25) is 15.6 Å². The summed E-state index contributed by atoms with van der Waals surface area (Å²) < 4.78 is 0. The summed E-state index contributed by atoms with van der Waals surface area (Å²) in [5, 5.41) is 7.48. The smallest absolute Gasteiger partial charge is 0.234 e. The van der Waals surface area contributed by atoms with E-state index in [0.29, 0.717) is 12.3 Å². The van der Waals surface area contributed by atoms with Crippen LogP contribution in [0.15, 0.2) is 23.3 Å². The maximum absolute atomic E-state index is 13.0. The molecule has 0 aliphatic heterocycles. The Morgan fingerprint density at radius 3 is 2.35 bits per heavy atom. The van der Waals surface area contributed by atoms with Crippen LogP contribution < -0.4 is 22.0 Å². The van der Waals surface area contributed by atoms with Crippen LogP contribution in [-0.4, -0.2) is 41.3 Å². The number of benzene rings is 1. The maximum Gasteiger partial charge on any atom is 0.234 e. The first-order valence-electron chi connectivity index (χ1n) is 8.74. The summed E-state index contributed by atoms with van der Waals surface area (Å²) in [7, 11) is 0. The summed E-state index contributed by atoms with van der Waals surface area (Å²) >= 11 is 4.93. The zero-order valence-electron chi connectivity index (χ0n) is 16.2. The molecule has 0 aliphatic rings. The molecule has 7 nitrogen and oxygen atoms in total. The second-order valence-corrected chi connectivity index (χ2v) is 6.54. The van der Waals surface area contributed by atoms with Crippen molar-refractivity contribution in [2.24, 2.45) is 16.9 Å². The van der Waals surface area contributed by atoms with Crippen molar-refractivity contribution in [2.45, 2.75) is 34.6 Å². The van der Waals surface area contributed by atoms with Gasteiger partial charge in [0.25, 0.3) is 0 Å². The van der Waals surface area contributed by atoms with Gasteiger partial charge in [-0.25, -0.2) is 5.84 Å². The van der Waals surface area contributed by atoms with Crippen LogP contribution in [0.25, 0.3) is 0 Å². The van der Waals surface area contributed by atoms with Crippen LogP contribution in [0, 0.1) is 19.8 Å². The van der Waals surface area contributed by atoms with Gasteiger partial charge in [0.15, 0.2) is 0 Å². The van der Waals surface area contributed by atoms with Gasteiger partial charge in [0.2, 0.25) is 11.0 Å². The molecule has 1 aromatic rings. The van der Waals surface area contributed by atoms with E-state index in [2.05, 4.69) is 40.0 Å². The number of nitrogens with one attached hydrogen (secondary N) is 3. The number of nitrogens with zero attached hydrogens (tertiary/aromatic N) is 2. The number of carbonyl (C=O) groups is 1. The van der Waals surface area contributed by atoms with Crippen molar-refractivity contribution in [1.82, 2.24) is 15.8 Å². The number of aryl methyl sites for hydroxylation is 2. The molecule has 144 valence electrons. The molecule has 1 rings (SSSR count). The number of hydrazone groups is 1. The van der Waals surface area contributed by atoms with Crippen LogP contribution >= 0.6 is 12.2 Å². The lowest BCUT2D eigenvalue weighted by molar-refractivity contribution is -0.118. The molecule has 26 heavy (non-hydrogen) atoms. The molecule has 1 amide bonds. The highest BCUT2D eigenvalue weighted by Gasteiger charge is 2.25. The highest BCUT2D eigenvalue weighted by molar-refractivity contribution is 7.80. The minimum atomic E-state index is -0.415. The minimum Gasteiger partial charge on any atom is -0.325 e. The fourth-order valence-corrected chi connectivity index (χ4v) is 2.66. The van der Waals surface area contributed by atoms with E-state index in [4.69, 9.17) is 18.1 Å². The number of hydrogen-bond acceptors (Lipinski definition) is 5. The Hall–Kier alpha value is -2.03. The average Bonchev–Trinajstić information content (AvgIpc) is 2.63. The quantitative estimate of drug-likeness (QED) is 0.239. The fraction of sp³-hybridized carbons (Fsp3) is 0.500. The van der Waals surface area contributed by atoms with E-state index in [0.717, 1.165) is 29.9 Å². The molecule has 1 atom stereocenters. The first-order valence-corrected chi connectivity index (χ1v) is 9.14. The van der Waals surface area contributed by atoms with Crippen LogP contribution in [-0.2, 0) is 4.79 Å². The molecule has 8 heteroatoms. The van der Waals surface area contributed by atoms with E-state index in [1.54, 1.807) is 0 Å². The molecule has 0 spiro atoms. The topological polar surface area (TPSA) is 94.8 Å². The molecule has 0 aromatic heterocycles. The van der Waals surface area contributed by atoms with E-state index >= 15 is 0 Å². The number of anilines is 1. The van der Waals surface area contributed by atoms with Gasteiger partial charge in [-0.15, -0.1) is 0 Å². The van der Waals surface area contributed by atoms with Crippen molar-refractivity contribution >= 4 is 34.6 Å². The summed E-state index contributed by atoms with van der Waals surface area (Å²) in [5.74, 6) is 4.73. The Morgan fingerprint density at radius 1 is 1.27 bits per heavy atom. The van der Waals surface area contributed by atoms with E-state index in [1.807, 2.05) is 39.0 Å². The Bertz CT molecular complexity index is 637. The van der Waals surface area contributed by atoms with Gasteiger partial charge in [0, 0.05) is 17.9 Å². The summed E-state index contributed by atoms with van der Waals surface area (Å²) in [6.45, 7) is 12.2. The van der Waals surface area contributed by atoms with E-state index in [-0.39, 0.29) is 11.0 Å². The second kappa shape index (κ2) is 10.8. The predicted molar refractivity (Wildman–Crippen MR) is 112 cm³/mol. The number of amides is 1. The van der Waals surface area contributed by atoms with Crippen LogP contribution in [0.3, 0.4) is 0 Å². The van der Waals surface area contributed by atoms with Crippen molar-refractivity contribution in [2.75, 3.05) is 25.0 Å². The molecule has 0 bridgehead atoms. The Kier molecular flexibility index (Phi) is 9.18. The number of hydrogen-bond donors (Lipinski definition) is 4. The second-order valence-electron chi connectivity index (χ2n) is 6.13. The van der Waals surface area contributed by atoms with Crippen molar-refractivity contribution in [3.8, 4) is 0 Å². The van der Waals surface area contributed by atoms with Crippen LogP contribution in [0.4, 0.5) is 5.69 Å². The lowest BCUT2D eigenvalue weighted by Crippen LogP contribution is -2.42. The summed E-state index contributed by atoms with van der Waals surface area (Å²) in [6, 6.07) is 5.94. The van der Waals surface area contributed by atoms with Crippen molar-refractivity contribution in [1.29, 1.82) is 0 Å². The van der Waals surface area contributed by atoms with Crippen LogP contribution in [0.2, 0.25) is 0 Å². The van der Waals surface area contributed by atoms with Gasteiger partial charge < -0.3 is 10.2 Å². The number of nitrogens with two attached hydrogens (primary N) is 1. The Labute approximate surface area is 161 Å². The number of hydrazine groups is 1. The summed E-state index contributed by atoms with van der Waals surface area (Å²) in [5.41, 5.74) is 8.50. The third-order valence-corrected chi connectivity index (χ3v) is 4.56. The minimum absolute atomic E-state index is 0.0935. The standard InChI is InChI=1S/C18H30N6OS/c1-6-24(7-2)11-15(14(5)22-23-18(26)21-19)17(25)20-16-12(3)9-8-10-13(16)4/h8-10,15H,6-7,11,19H2,1-5H3,(H,20,25)(H2,21,23,26). The molecular formula is C18H30N6OS. The molecule has 0 heterocycles. The van der Waals surface area contributed by atoms with Crippen molar-refractivity contribution in [3.05, 3.63) is 29.3 Å². The SMILES string of the molecule is CCN(CC)CC(C(=O)Nc1c(C)cccc1C)C(C)=NNC(=S)NN. The zero-order valence-corrected chi connectivity index (χ0v) is 17.0. The molecule has 0 saturated heterocycles. The zero-order chi connectivity index (χ0) is 19.7. The molecule has 0 fully saturated rings. The molecule has 0 saturated carbocycles. The molecule has 1 aromatic carbocycles. The number of rotatable bonds is 8. The maximum atomic E-state index is 13.0. The average molecular weight is 379 g/mol. The third-order valence-electron chi connectivity index (χ3n) is 4.35. The normalized spacial score (nSPS) is 12.7. The van der Waals surface area contributed by atoms with E-state index < -0.39 is 5.92 Å². The van der Waals surface area contributed by atoms with Gasteiger partial charge in [-0.1, -0.05) is 32.0 Å². The highest BCUT2D eigenvalue weighted by atomic mass is 32.1. The molecular weight excluding hydrogens is 348 g/mol. The molecule has 5 N–H and O–H groups in total. The van der Waals surface area contributed by atoms with Gasteiger partial charge in [0.05, 0.1) is 5.92 Å². The largest absolute Gasteiger partial charge is 0.325 e. The fourth-order valence-electron chi connectivity index (χ4n) is 2.62. The van der Waals surface area contributed by atoms with E-state index in [1.165, 1.54) is 0 Å². The van der Waals surface area contributed by atoms with Crippen molar-refractivity contribution in [3.63, 3.8) is 0 Å². The number of thiocarbonyl (C=S) groups is 1. The van der Waals surface area contributed by atoms with Gasteiger partial charge in [0.1, 0.15) is 0 Å². The van der Waals surface area contributed by atoms with Crippen LogP contribution in [0.1, 0.15) is 31.9 Å². The number of para-hydroxylation sites is 1. The molecule has 0 radical (unpaired) electrons. The van der Waals surface area contributed by atoms with Gasteiger partial charge in [-0.05, 0) is 57.2 Å². The first kappa shape index (κ1) is 22.0. The summed E-state index contributed by atoms with van der Waals surface area (Å²) in [4.78, 5) is 15.2.